The van der Waals surface area contributed by atoms with Crippen molar-refractivity contribution in [2.75, 3.05) is 0 Å². The average molecular weight is 293 g/mol. The fourth-order valence-corrected chi connectivity index (χ4v) is 3.43. The molecule has 3 nitrogen and oxygen atoms in total. The predicted molar refractivity (Wildman–Crippen MR) is 67.1 cm³/mol. The van der Waals surface area contributed by atoms with Gasteiger partial charge in [-0.2, -0.15) is 0 Å². The van der Waals surface area contributed by atoms with E-state index in [2.05, 4.69) is 0 Å². The molecule has 1 fully saturated rings. The standard InChI is InChI=1S/C11H10Cl2O3S/c1-2-11(10(15)16)4-5(11)8(14)7-3-6(12)9(13)17-7/h3,5H,2,4H2,1H3,(H,15,16). The minimum Gasteiger partial charge on any atom is -0.481 e. The third-order valence-electron chi connectivity index (χ3n) is 3.34. The molecule has 0 aromatic carbocycles. The fraction of sp³-hybridized carbons (Fsp3) is 0.455. The Morgan fingerprint density at radius 3 is 2.59 bits per heavy atom. The highest BCUT2D eigenvalue weighted by atomic mass is 35.5. The van der Waals surface area contributed by atoms with Gasteiger partial charge in [-0.15, -0.1) is 11.3 Å². The second-order valence-electron chi connectivity index (χ2n) is 4.17. The minimum absolute atomic E-state index is 0.159. The Bertz CT molecular complexity index is 477. The van der Waals surface area contributed by atoms with E-state index in [-0.39, 0.29) is 5.78 Å². The fourth-order valence-electron chi connectivity index (χ4n) is 2.07. The molecule has 0 radical (unpaired) electrons. The highest BCUT2D eigenvalue weighted by molar-refractivity contribution is 7.18. The van der Waals surface area contributed by atoms with Crippen molar-refractivity contribution < 1.29 is 14.7 Å². The Kier molecular flexibility index (Phi) is 3.23. The van der Waals surface area contributed by atoms with Crippen LogP contribution in [0.3, 0.4) is 0 Å². The molecule has 17 heavy (non-hydrogen) atoms. The Hall–Kier alpha value is -0.580. The van der Waals surface area contributed by atoms with E-state index in [1.165, 1.54) is 6.07 Å². The molecular weight excluding hydrogens is 283 g/mol. The number of rotatable bonds is 4. The lowest BCUT2D eigenvalue weighted by molar-refractivity contribution is -0.143. The molecule has 0 saturated heterocycles. The Morgan fingerprint density at radius 2 is 2.24 bits per heavy atom. The van der Waals surface area contributed by atoms with E-state index in [0.717, 1.165) is 11.3 Å². The largest absolute Gasteiger partial charge is 0.481 e. The number of aliphatic carboxylic acids is 1. The highest BCUT2D eigenvalue weighted by Gasteiger charge is 2.62. The van der Waals surface area contributed by atoms with Gasteiger partial charge in [0, 0.05) is 5.92 Å². The van der Waals surface area contributed by atoms with Crippen LogP contribution >= 0.6 is 34.5 Å². The van der Waals surface area contributed by atoms with Crippen LogP contribution in [-0.4, -0.2) is 16.9 Å². The Morgan fingerprint density at radius 1 is 1.59 bits per heavy atom. The topological polar surface area (TPSA) is 54.4 Å². The lowest BCUT2D eigenvalue weighted by Crippen LogP contribution is -2.19. The van der Waals surface area contributed by atoms with E-state index in [9.17, 15) is 9.59 Å². The molecule has 2 atom stereocenters. The summed E-state index contributed by atoms with van der Waals surface area (Å²) < 4.78 is 0.369. The maximum atomic E-state index is 12.1. The smallest absolute Gasteiger partial charge is 0.310 e. The molecule has 6 heteroatoms. The molecule has 2 rings (SSSR count). The maximum Gasteiger partial charge on any atom is 0.310 e. The average Bonchev–Trinajstić information content (AvgIpc) is 2.94. The van der Waals surface area contributed by atoms with Crippen molar-refractivity contribution in [3.8, 4) is 0 Å². The van der Waals surface area contributed by atoms with Crippen molar-refractivity contribution in [3.05, 3.63) is 20.3 Å². The summed E-state index contributed by atoms with van der Waals surface area (Å²) in [7, 11) is 0. The first-order valence-corrected chi connectivity index (χ1v) is 6.72. The third kappa shape index (κ3) is 1.98. The van der Waals surface area contributed by atoms with Gasteiger partial charge in [-0.05, 0) is 18.9 Å². The second-order valence-corrected chi connectivity index (χ2v) is 6.23. The molecule has 1 aliphatic carbocycles. The van der Waals surface area contributed by atoms with Gasteiger partial charge in [0.1, 0.15) is 4.34 Å². The summed E-state index contributed by atoms with van der Waals surface area (Å²) in [5.74, 6) is -1.49. The van der Waals surface area contributed by atoms with Gasteiger partial charge in [-0.25, -0.2) is 0 Å². The molecule has 92 valence electrons. The van der Waals surface area contributed by atoms with E-state index in [0.29, 0.717) is 27.1 Å². The number of thiophene rings is 1. The molecule has 0 amide bonds. The van der Waals surface area contributed by atoms with Crippen LogP contribution in [0.1, 0.15) is 29.4 Å². The molecule has 0 spiro atoms. The zero-order valence-electron chi connectivity index (χ0n) is 9.00. The van der Waals surface area contributed by atoms with Gasteiger partial charge in [0.2, 0.25) is 0 Å². The van der Waals surface area contributed by atoms with Gasteiger partial charge in [0.25, 0.3) is 0 Å². The lowest BCUT2D eigenvalue weighted by atomic mass is 9.98. The number of hydrogen-bond donors (Lipinski definition) is 1. The van der Waals surface area contributed by atoms with Crippen molar-refractivity contribution in [2.24, 2.45) is 11.3 Å². The zero-order chi connectivity index (χ0) is 12.8. The van der Waals surface area contributed by atoms with Crippen molar-refractivity contribution in [1.29, 1.82) is 0 Å². The quantitative estimate of drug-likeness (QED) is 0.860. The molecule has 1 aromatic rings. The third-order valence-corrected chi connectivity index (χ3v) is 5.22. The van der Waals surface area contributed by atoms with Crippen LogP contribution in [0.4, 0.5) is 0 Å². The van der Waals surface area contributed by atoms with Crippen LogP contribution in [0.5, 0.6) is 0 Å². The molecule has 2 unspecified atom stereocenters. The van der Waals surface area contributed by atoms with Gasteiger partial charge in [-0.3, -0.25) is 9.59 Å². The number of hydrogen-bond acceptors (Lipinski definition) is 3. The van der Waals surface area contributed by atoms with Crippen molar-refractivity contribution in [2.45, 2.75) is 19.8 Å². The van der Waals surface area contributed by atoms with Crippen molar-refractivity contribution in [3.63, 3.8) is 0 Å². The summed E-state index contributed by atoms with van der Waals surface area (Å²) in [5, 5.41) is 9.47. The number of halogens is 2. The van der Waals surface area contributed by atoms with Crippen LogP contribution in [0, 0.1) is 11.3 Å². The number of carbonyl (C=O) groups excluding carboxylic acids is 1. The molecule has 1 aromatic heterocycles. The summed E-state index contributed by atoms with van der Waals surface area (Å²) in [6, 6.07) is 1.51. The van der Waals surface area contributed by atoms with Crippen LogP contribution in [0.2, 0.25) is 9.36 Å². The first kappa shape index (κ1) is 12.9. The molecule has 1 aliphatic rings. The van der Waals surface area contributed by atoms with Crippen LogP contribution in [-0.2, 0) is 4.79 Å². The van der Waals surface area contributed by atoms with E-state index in [4.69, 9.17) is 28.3 Å². The highest BCUT2D eigenvalue weighted by Crippen LogP contribution is 2.57. The zero-order valence-corrected chi connectivity index (χ0v) is 11.3. The monoisotopic (exact) mass is 292 g/mol. The van der Waals surface area contributed by atoms with Crippen LogP contribution < -0.4 is 0 Å². The van der Waals surface area contributed by atoms with E-state index in [1.54, 1.807) is 6.92 Å². The summed E-state index contributed by atoms with van der Waals surface area (Å²) >= 11 is 12.7. The molecule has 0 bridgehead atoms. The van der Waals surface area contributed by atoms with Crippen molar-refractivity contribution in [1.82, 2.24) is 0 Å². The number of Topliss-reactive ketones (excluding diaryl/α,β-unsaturated/α-hetero) is 1. The number of carboxylic acids is 1. The summed E-state index contributed by atoms with van der Waals surface area (Å²) in [4.78, 5) is 23.7. The van der Waals surface area contributed by atoms with Gasteiger partial charge in [-0.1, -0.05) is 30.1 Å². The molecule has 1 N–H and O–H groups in total. The van der Waals surface area contributed by atoms with Crippen LogP contribution in [0.15, 0.2) is 6.07 Å². The van der Waals surface area contributed by atoms with Gasteiger partial charge in [0.05, 0.1) is 15.3 Å². The molecule has 0 aliphatic heterocycles. The second kappa shape index (κ2) is 4.26. The lowest BCUT2D eigenvalue weighted by Gasteiger charge is -2.07. The summed E-state index contributed by atoms with van der Waals surface area (Å²) in [6.45, 7) is 1.79. The van der Waals surface area contributed by atoms with E-state index < -0.39 is 17.3 Å². The van der Waals surface area contributed by atoms with Gasteiger partial charge >= 0.3 is 5.97 Å². The minimum atomic E-state index is -0.896. The Labute approximate surface area is 112 Å². The molecule has 1 heterocycles. The number of carbonyl (C=O) groups is 2. The maximum absolute atomic E-state index is 12.1. The first-order valence-electron chi connectivity index (χ1n) is 5.15. The van der Waals surface area contributed by atoms with E-state index >= 15 is 0 Å². The summed E-state index contributed by atoms with van der Waals surface area (Å²) in [5.41, 5.74) is -0.875. The molecule has 1 saturated carbocycles. The normalized spacial score (nSPS) is 26.9. The van der Waals surface area contributed by atoms with E-state index in [1.807, 2.05) is 0 Å². The number of carboxylic acid groups (broad SMARTS) is 1. The summed E-state index contributed by atoms with van der Waals surface area (Å²) in [6.07, 6.45) is 0.871. The van der Waals surface area contributed by atoms with Gasteiger partial charge < -0.3 is 5.11 Å². The van der Waals surface area contributed by atoms with Crippen molar-refractivity contribution >= 4 is 46.3 Å². The molecular formula is C11H10Cl2O3S. The SMILES string of the molecule is CCC1(C(=O)O)CC1C(=O)c1cc(Cl)c(Cl)s1. The van der Waals surface area contributed by atoms with Crippen LogP contribution in [0.25, 0.3) is 0 Å². The van der Waals surface area contributed by atoms with Gasteiger partial charge in [0.15, 0.2) is 5.78 Å². The predicted octanol–water partition coefficient (Wildman–Crippen LogP) is 3.74. The Balaban J connectivity index is 2.21. The first-order chi connectivity index (χ1) is 7.92. The number of ketones is 1.